The molecular weight excluding hydrogens is 290 g/mol. The van der Waals surface area contributed by atoms with Crippen LogP contribution in [0.4, 0.5) is 5.69 Å². The molecule has 0 fully saturated rings. The van der Waals surface area contributed by atoms with E-state index in [0.29, 0.717) is 18.7 Å². The highest BCUT2D eigenvalue weighted by Gasteiger charge is 2.22. The summed E-state index contributed by atoms with van der Waals surface area (Å²) in [5.41, 5.74) is 2.63. The van der Waals surface area contributed by atoms with E-state index < -0.39 is 0 Å². The van der Waals surface area contributed by atoms with E-state index in [4.69, 9.17) is 0 Å². The van der Waals surface area contributed by atoms with E-state index in [1.54, 1.807) is 9.80 Å². The van der Waals surface area contributed by atoms with Crippen molar-refractivity contribution in [2.24, 2.45) is 0 Å². The molecule has 2 amide bonds. The van der Waals surface area contributed by atoms with Crippen LogP contribution in [0, 0.1) is 0 Å². The third-order valence-electron chi connectivity index (χ3n) is 4.12. The molecule has 124 valence electrons. The molecule has 1 aliphatic heterocycles. The Morgan fingerprint density at radius 1 is 1.26 bits per heavy atom. The molecule has 5 heteroatoms. The number of hydrogen-bond donors (Lipinski definition) is 0. The summed E-state index contributed by atoms with van der Waals surface area (Å²) in [5, 5.41) is 0. The summed E-state index contributed by atoms with van der Waals surface area (Å²) in [7, 11) is 5.80. The molecule has 5 nitrogen and oxygen atoms in total. The van der Waals surface area contributed by atoms with Crippen LogP contribution in [0.25, 0.3) is 0 Å². The van der Waals surface area contributed by atoms with Gasteiger partial charge in [0.15, 0.2) is 0 Å². The monoisotopic (exact) mass is 315 g/mol. The second-order valence-corrected chi connectivity index (χ2v) is 6.17. The molecule has 0 N–H and O–H groups in total. The van der Waals surface area contributed by atoms with Gasteiger partial charge in [-0.1, -0.05) is 6.58 Å². The van der Waals surface area contributed by atoms with Crippen molar-refractivity contribution in [3.63, 3.8) is 0 Å². The first kappa shape index (κ1) is 17.2. The Morgan fingerprint density at radius 3 is 2.65 bits per heavy atom. The molecule has 1 heterocycles. The summed E-state index contributed by atoms with van der Waals surface area (Å²) in [6.45, 7) is 5.77. The number of aryl methyl sites for hydroxylation is 1. The highest BCUT2D eigenvalue weighted by Crippen LogP contribution is 2.28. The first-order valence-electron chi connectivity index (χ1n) is 7.91. The van der Waals surface area contributed by atoms with Crippen molar-refractivity contribution < 1.29 is 9.59 Å². The first-order valence-corrected chi connectivity index (χ1v) is 7.91. The molecular formula is C18H25N3O2. The molecule has 0 aliphatic carbocycles. The summed E-state index contributed by atoms with van der Waals surface area (Å²) >= 11 is 0. The number of hydrogen-bond acceptors (Lipinski definition) is 3. The molecule has 0 spiro atoms. The maximum Gasteiger partial charge on any atom is 0.253 e. The predicted octanol–water partition coefficient (Wildman–Crippen LogP) is 1.79. The number of nitrogens with zero attached hydrogens (tertiary/aromatic N) is 3. The Kier molecular flexibility index (Phi) is 5.55. The third kappa shape index (κ3) is 3.99. The molecule has 0 saturated carbocycles. The highest BCUT2D eigenvalue weighted by molar-refractivity contribution is 6.02. The molecule has 0 aromatic heterocycles. The van der Waals surface area contributed by atoms with Gasteiger partial charge in [-0.15, -0.1) is 0 Å². The van der Waals surface area contributed by atoms with Gasteiger partial charge in [0.25, 0.3) is 5.91 Å². The number of amides is 2. The minimum absolute atomic E-state index is 0.0156. The summed E-state index contributed by atoms with van der Waals surface area (Å²) in [6.07, 6.45) is 3.13. The van der Waals surface area contributed by atoms with Gasteiger partial charge in [-0.3, -0.25) is 9.59 Å². The lowest BCUT2D eigenvalue weighted by atomic mass is 9.98. The predicted molar refractivity (Wildman–Crippen MR) is 92.8 cm³/mol. The van der Waals surface area contributed by atoms with Crippen LogP contribution < -0.4 is 4.90 Å². The molecule has 0 radical (unpaired) electrons. The quantitative estimate of drug-likeness (QED) is 0.778. The van der Waals surface area contributed by atoms with Gasteiger partial charge < -0.3 is 14.7 Å². The number of benzene rings is 1. The fourth-order valence-electron chi connectivity index (χ4n) is 2.74. The summed E-state index contributed by atoms with van der Waals surface area (Å²) in [5.74, 6) is -0.0741. The molecule has 1 aromatic carbocycles. The number of carbonyl (C=O) groups excluding carboxylic acids is 2. The first-order chi connectivity index (χ1) is 10.9. The van der Waals surface area contributed by atoms with Crippen molar-refractivity contribution in [3.05, 3.63) is 42.0 Å². The zero-order valence-electron chi connectivity index (χ0n) is 14.2. The van der Waals surface area contributed by atoms with Crippen molar-refractivity contribution in [1.82, 2.24) is 9.80 Å². The summed E-state index contributed by atoms with van der Waals surface area (Å²) in [6, 6.07) is 5.61. The smallest absolute Gasteiger partial charge is 0.253 e. The number of rotatable bonds is 5. The van der Waals surface area contributed by atoms with Crippen LogP contribution in [0.2, 0.25) is 0 Å². The highest BCUT2D eigenvalue weighted by atomic mass is 16.2. The molecule has 0 atom stereocenters. The van der Waals surface area contributed by atoms with E-state index in [2.05, 4.69) is 11.5 Å². The topological polar surface area (TPSA) is 43.9 Å². The number of anilines is 1. The summed E-state index contributed by atoms with van der Waals surface area (Å²) < 4.78 is 0. The van der Waals surface area contributed by atoms with Gasteiger partial charge in [0.1, 0.15) is 0 Å². The fourth-order valence-corrected chi connectivity index (χ4v) is 2.74. The lowest BCUT2D eigenvalue weighted by Gasteiger charge is -2.29. The molecule has 0 saturated heterocycles. The van der Waals surface area contributed by atoms with Crippen LogP contribution in [-0.2, 0) is 11.2 Å². The van der Waals surface area contributed by atoms with Crippen LogP contribution in [0.1, 0.15) is 22.3 Å². The number of likely N-dealkylation sites (N-methyl/N-ethyl adjacent to an activating group) is 2. The second-order valence-electron chi connectivity index (χ2n) is 6.17. The number of carbonyl (C=O) groups is 2. The van der Waals surface area contributed by atoms with Crippen molar-refractivity contribution in [1.29, 1.82) is 0 Å². The Balaban J connectivity index is 2.19. The van der Waals surface area contributed by atoms with Crippen LogP contribution in [0.5, 0.6) is 0 Å². The van der Waals surface area contributed by atoms with Gasteiger partial charge in [-0.25, -0.2) is 0 Å². The van der Waals surface area contributed by atoms with Crippen LogP contribution in [-0.4, -0.2) is 62.4 Å². The Labute approximate surface area is 138 Å². The average Bonchev–Trinajstić information content (AvgIpc) is 2.57. The summed E-state index contributed by atoms with van der Waals surface area (Å²) in [4.78, 5) is 30.0. The zero-order valence-corrected chi connectivity index (χ0v) is 14.2. The van der Waals surface area contributed by atoms with E-state index in [1.807, 2.05) is 39.3 Å². The Hall–Kier alpha value is -2.14. The molecule has 23 heavy (non-hydrogen) atoms. The normalized spacial score (nSPS) is 13.7. The van der Waals surface area contributed by atoms with Gasteiger partial charge in [0, 0.05) is 37.9 Å². The van der Waals surface area contributed by atoms with E-state index in [0.717, 1.165) is 30.6 Å². The van der Waals surface area contributed by atoms with E-state index >= 15 is 0 Å². The largest absolute Gasteiger partial charge is 0.340 e. The Bertz CT molecular complexity index is 610. The molecule has 2 rings (SSSR count). The fraction of sp³-hybridized carbons (Fsp3) is 0.444. The van der Waals surface area contributed by atoms with Gasteiger partial charge >= 0.3 is 0 Å². The van der Waals surface area contributed by atoms with Crippen LogP contribution >= 0.6 is 0 Å². The minimum Gasteiger partial charge on any atom is -0.340 e. The van der Waals surface area contributed by atoms with E-state index in [9.17, 15) is 9.59 Å². The standard InChI is InChI=1S/C18H25N3O2/c1-5-17(22)21-10-6-7-14-13-15(8-9-16(14)21)18(23)20(4)12-11-19(2)3/h5,8-9,13H,1,6-7,10-12H2,2-4H3. The SMILES string of the molecule is C=CC(=O)N1CCCc2cc(C(=O)N(C)CCN(C)C)ccc21. The molecule has 1 aromatic rings. The molecule has 1 aliphatic rings. The lowest BCUT2D eigenvalue weighted by Crippen LogP contribution is -2.35. The third-order valence-corrected chi connectivity index (χ3v) is 4.12. The maximum absolute atomic E-state index is 12.5. The molecule has 0 unspecified atom stereocenters. The van der Waals surface area contributed by atoms with Crippen molar-refractivity contribution in [2.75, 3.05) is 45.7 Å². The lowest BCUT2D eigenvalue weighted by molar-refractivity contribution is -0.114. The van der Waals surface area contributed by atoms with Gasteiger partial charge in [-0.05, 0) is 56.8 Å². The number of fused-ring (bicyclic) bond motifs is 1. The van der Waals surface area contributed by atoms with E-state index in [-0.39, 0.29) is 11.8 Å². The van der Waals surface area contributed by atoms with Crippen molar-refractivity contribution in [2.45, 2.75) is 12.8 Å². The minimum atomic E-state index is -0.0897. The second kappa shape index (κ2) is 7.42. The van der Waals surface area contributed by atoms with Gasteiger partial charge in [-0.2, -0.15) is 0 Å². The maximum atomic E-state index is 12.5. The van der Waals surface area contributed by atoms with E-state index in [1.165, 1.54) is 6.08 Å². The average molecular weight is 315 g/mol. The van der Waals surface area contributed by atoms with Gasteiger partial charge in [0.05, 0.1) is 0 Å². The zero-order chi connectivity index (χ0) is 17.0. The van der Waals surface area contributed by atoms with Crippen molar-refractivity contribution in [3.8, 4) is 0 Å². The van der Waals surface area contributed by atoms with Crippen LogP contribution in [0.15, 0.2) is 30.9 Å². The Morgan fingerprint density at radius 2 is 2.00 bits per heavy atom. The van der Waals surface area contributed by atoms with Crippen LogP contribution in [0.3, 0.4) is 0 Å². The van der Waals surface area contributed by atoms with Crippen molar-refractivity contribution >= 4 is 17.5 Å². The molecule has 0 bridgehead atoms. The van der Waals surface area contributed by atoms with Gasteiger partial charge in [0.2, 0.25) is 5.91 Å².